The molecule has 10 nitrogen and oxygen atoms in total. The number of phenolic OH excluding ortho intramolecular Hbond substituents is 1. The molecule has 1 spiro atoms. The molecule has 4 N–H and O–H groups in total. The minimum absolute atomic E-state index is 0.0307. The van der Waals surface area contributed by atoms with Crippen molar-refractivity contribution in [1.29, 1.82) is 0 Å². The van der Waals surface area contributed by atoms with Crippen molar-refractivity contribution in [2.24, 2.45) is 0 Å². The fraction of sp³-hybridized carbons (Fsp3) is 0.550. The molecule has 2 unspecified atom stereocenters. The summed E-state index contributed by atoms with van der Waals surface area (Å²) in [5.41, 5.74) is -4.30. The van der Waals surface area contributed by atoms with Gasteiger partial charge in [-0.05, 0) is 13.0 Å². The summed E-state index contributed by atoms with van der Waals surface area (Å²) < 4.78 is 17.6. The SMILES string of the molecule is C[C@@H]1C[C@H](O)[C@@H](O)[C@@]2(O[C@H](CC(=O)O)CC34OC32C(=O)c2c(O)cccc2C4=O)O1. The Morgan fingerprint density at radius 3 is 2.63 bits per heavy atom. The second-order valence-corrected chi connectivity index (χ2v) is 8.35. The number of aromatic hydroxyl groups is 1. The van der Waals surface area contributed by atoms with E-state index in [-0.39, 0.29) is 24.0 Å². The highest BCUT2D eigenvalue weighted by atomic mass is 16.8. The zero-order chi connectivity index (χ0) is 21.6. The maximum atomic E-state index is 13.6. The van der Waals surface area contributed by atoms with Crippen LogP contribution in [0.4, 0.5) is 0 Å². The topological polar surface area (TPSA) is 163 Å². The second-order valence-electron chi connectivity index (χ2n) is 8.35. The molecule has 4 aliphatic rings. The number of ether oxygens (including phenoxy) is 3. The molecule has 30 heavy (non-hydrogen) atoms. The van der Waals surface area contributed by atoms with Gasteiger partial charge >= 0.3 is 5.97 Å². The standard InChI is InChI=1S/C20H20O10/c1-8-5-12(22)16(26)20(28-8)19-17(27)14-10(3-2-4-11(14)21)15(25)18(19,30-19)7-9(29-20)6-13(23)24/h2-4,8-9,12,16,21-22,26H,5-7H2,1H3,(H,23,24)/t8-,9-,12+,16-,18?,19?,20+/m1/s1. The van der Waals surface area contributed by atoms with Crippen LogP contribution < -0.4 is 0 Å². The number of ketones is 2. The number of Topliss-reactive ketones (excluding diaryl/α,β-unsaturated/α-hetero) is 2. The number of hydrogen-bond donors (Lipinski definition) is 4. The van der Waals surface area contributed by atoms with Gasteiger partial charge in [0.15, 0.2) is 11.4 Å². The van der Waals surface area contributed by atoms with Crippen molar-refractivity contribution in [3.63, 3.8) is 0 Å². The number of aliphatic hydroxyl groups excluding tert-OH is 2. The molecule has 0 saturated carbocycles. The monoisotopic (exact) mass is 420 g/mol. The lowest BCUT2D eigenvalue weighted by atomic mass is 9.64. The first-order chi connectivity index (χ1) is 14.1. The van der Waals surface area contributed by atoms with E-state index in [0.717, 1.165) is 0 Å². The first-order valence-corrected chi connectivity index (χ1v) is 9.65. The highest BCUT2D eigenvalue weighted by Crippen LogP contribution is 2.69. The van der Waals surface area contributed by atoms with Crippen LogP contribution in [0.1, 0.15) is 46.9 Å². The molecule has 1 aromatic rings. The Balaban J connectivity index is 1.74. The fourth-order valence-corrected chi connectivity index (χ4v) is 5.35. The van der Waals surface area contributed by atoms with E-state index in [0.29, 0.717) is 0 Å². The Bertz CT molecular complexity index is 990. The Labute approximate surface area is 170 Å². The lowest BCUT2D eigenvalue weighted by Crippen LogP contribution is -2.74. The number of carboxylic acid groups (broad SMARTS) is 1. The summed E-state index contributed by atoms with van der Waals surface area (Å²) in [6.45, 7) is 1.59. The van der Waals surface area contributed by atoms with Crippen LogP contribution in [0, 0.1) is 0 Å². The molecule has 5 rings (SSSR count). The predicted molar refractivity (Wildman–Crippen MR) is 95.0 cm³/mol. The van der Waals surface area contributed by atoms with E-state index in [1.165, 1.54) is 18.2 Å². The van der Waals surface area contributed by atoms with Gasteiger partial charge in [-0.25, -0.2) is 0 Å². The number of phenols is 1. The highest BCUT2D eigenvalue weighted by Gasteiger charge is 2.93. The molecular weight excluding hydrogens is 400 g/mol. The number of fused-ring (bicyclic) bond motifs is 1. The molecule has 10 heteroatoms. The van der Waals surface area contributed by atoms with Gasteiger partial charge in [0.25, 0.3) is 0 Å². The number of benzene rings is 1. The first kappa shape index (κ1) is 19.6. The van der Waals surface area contributed by atoms with E-state index in [2.05, 4.69) is 0 Å². The van der Waals surface area contributed by atoms with Crippen LogP contribution in [0.5, 0.6) is 5.75 Å². The zero-order valence-corrected chi connectivity index (χ0v) is 15.9. The fourth-order valence-electron chi connectivity index (χ4n) is 5.35. The van der Waals surface area contributed by atoms with Gasteiger partial charge in [0.1, 0.15) is 11.9 Å². The summed E-state index contributed by atoms with van der Waals surface area (Å²) in [4.78, 5) is 38.4. The number of rotatable bonds is 2. The van der Waals surface area contributed by atoms with Crippen molar-refractivity contribution < 1.29 is 49.0 Å². The van der Waals surface area contributed by atoms with Crippen LogP contribution in [-0.2, 0) is 19.0 Å². The molecule has 0 aromatic heterocycles. The van der Waals surface area contributed by atoms with E-state index in [9.17, 15) is 34.8 Å². The minimum atomic E-state index is -2.31. The molecule has 0 radical (unpaired) electrons. The van der Waals surface area contributed by atoms with Gasteiger partial charge in [0.2, 0.25) is 17.2 Å². The number of aliphatic carboxylic acids is 1. The third-order valence-corrected chi connectivity index (χ3v) is 6.51. The van der Waals surface area contributed by atoms with Gasteiger partial charge < -0.3 is 34.6 Å². The maximum absolute atomic E-state index is 13.6. The molecule has 1 aliphatic carbocycles. The molecule has 0 amide bonds. The van der Waals surface area contributed by atoms with Crippen LogP contribution in [0.15, 0.2) is 18.2 Å². The van der Waals surface area contributed by atoms with Gasteiger partial charge in [-0.15, -0.1) is 0 Å². The summed E-state index contributed by atoms with van der Waals surface area (Å²) in [6.07, 6.45) is -5.74. The Kier molecular flexibility index (Phi) is 3.83. The van der Waals surface area contributed by atoms with Crippen molar-refractivity contribution in [2.75, 3.05) is 0 Å². The Morgan fingerprint density at radius 2 is 1.93 bits per heavy atom. The highest BCUT2D eigenvalue weighted by molar-refractivity contribution is 6.27. The summed E-state index contributed by atoms with van der Waals surface area (Å²) in [5, 5.41) is 40.9. The first-order valence-electron chi connectivity index (χ1n) is 9.65. The van der Waals surface area contributed by atoms with Crippen LogP contribution in [-0.4, -0.2) is 79.4 Å². The smallest absolute Gasteiger partial charge is 0.305 e. The van der Waals surface area contributed by atoms with Crippen molar-refractivity contribution in [3.8, 4) is 5.75 Å². The average molecular weight is 420 g/mol. The van der Waals surface area contributed by atoms with Gasteiger partial charge in [0, 0.05) is 18.4 Å². The molecule has 3 aliphatic heterocycles. The number of aliphatic hydroxyl groups is 2. The zero-order valence-electron chi connectivity index (χ0n) is 15.9. The Hall–Kier alpha value is -2.37. The van der Waals surface area contributed by atoms with Gasteiger partial charge in [-0.2, -0.15) is 0 Å². The number of epoxide rings is 1. The molecule has 3 fully saturated rings. The molecule has 7 atom stereocenters. The van der Waals surface area contributed by atoms with Crippen LogP contribution >= 0.6 is 0 Å². The predicted octanol–water partition coefficient (Wildman–Crippen LogP) is -0.231. The summed E-state index contributed by atoms with van der Waals surface area (Å²) in [6, 6.07) is 4.03. The lowest BCUT2D eigenvalue weighted by molar-refractivity contribution is -0.373. The molecule has 1 aromatic carbocycles. The minimum Gasteiger partial charge on any atom is -0.507 e. The molecule has 0 bridgehead atoms. The molecule has 160 valence electrons. The van der Waals surface area contributed by atoms with Crippen molar-refractivity contribution in [2.45, 2.75) is 67.6 Å². The van der Waals surface area contributed by atoms with E-state index in [1.807, 2.05) is 0 Å². The summed E-state index contributed by atoms with van der Waals surface area (Å²) in [7, 11) is 0. The number of hydrogen-bond acceptors (Lipinski definition) is 9. The third-order valence-electron chi connectivity index (χ3n) is 6.51. The van der Waals surface area contributed by atoms with Crippen LogP contribution in [0.3, 0.4) is 0 Å². The quantitative estimate of drug-likeness (QED) is 0.470. The van der Waals surface area contributed by atoms with Crippen LogP contribution in [0.25, 0.3) is 0 Å². The summed E-state index contributed by atoms with van der Waals surface area (Å²) in [5.74, 6) is -5.41. The van der Waals surface area contributed by atoms with Gasteiger partial charge in [-0.1, -0.05) is 12.1 Å². The molecular formula is C20H20O10. The normalized spacial score (nSPS) is 44.2. The van der Waals surface area contributed by atoms with Crippen LogP contribution in [0.2, 0.25) is 0 Å². The number of carboxylic acids is 1. The number of carbonyl (C=O) groups excluding carboxylic acids is 2. The van der Waals surface area contributed by atoms with Crippen molar-refractivity contribution >= 4 is 17.5 Å². The van der Waals surface area contributed by atoms with Gasteiger partial charge in [-0.3, -0.25) is 14.4 Å². The number of carbonyl (C=O) groups is 3. The maximum Gasteiger partial charge on any atom is 0.305 e. The Morgan fingerprint density at radius 1 is 1.20 bits per heavy atom. The third kappa shape index (κ3) is 2.07. The van der Waals surface area contributed by atoms with E-state index >= 15 is 0 Å². The molecule has 3 heterocycles. The van der Waals surface area contributed by atoms with E-state index < -0.39 is 71.1 Å². The second kappa shape index (κ2) is 5.86. The van der Waals surface area contributed by atoms with Crippen molar-refractivity contribution in [3.05, 3.63) is 29.3 Å². The lowest BCUT2D eigenvalue weighted by Gasteiger charge is -2.52. The van der Waals surface area contributed by atoms with Gasteiger partial charge in [0.05, 0.1) is 30.3 Å². The average Bonchev–Trinajstić information content (AvgIpc) is 3.36. The molecule has 3 saturated heterocycles. The largest absolute Gasteiger partial charge is 0.507 e. The van der Waals surface area contributed by atoms with E-state index in [1.54, 1.807) is 6.92 Å². The van der Waals surface area contributed by atoms with E-state index in [4.69, 9.17) is 14.2 Å². The van der Waals surface area contributed by atoms with Crippen molar-refractivity contribution in [1.82, 2.24) is 0 Å². The summed E-state index contributed by atoms with van der Waals surface area (Å²) >= 11 is 0.